The molecule has 88 valence electrons. The van der Waals surface area contributed by atoms with Crippen molar-refractivity contribution in [2.24, 2.45) is 0 Å². The number of amides is 1. The first-order chi connectivity index (χ1) is 7.29. The summed E-state index contributed by atoms with van der Waals surface area (Å²) in [7, 11) is 0. The first-order valence-corrected chi connectivity index (χ1v) is 6.68. The smallest absolute Gasteiger partial charge is 0.222 e. The van der Waals surface area contributed by atoms with Crippen molar-refractivity contribution in [3.63, 3.8) is 0 Å². The van der Waals surface area contributed by atoms with Crippen molar-refractivity contribution in [1.82, 2.24) is 4.90 Å². The zero-order valence-corrected chi connectivity index (χ0v) is 10.4. The largest absolute Gasteiger partial charge is 0.340 e. The van der Waals surface area contributed by atoms with Gasteiger partial charge in [0.05, 0.1) is 0 Å². The van der Waals surface area contributed by atoms with Crippen LogP contribution in [0.15, 0.2) is 0 Å². The second-order valence-corrected chi connectivity index (χ2v) is 4.70. The molecule has 1 rings (SSSR count). The third kappa shape index (κ3) is 4.87. The Morgan fingerprint density at radius 1 is 1.33 bits per heavy atom. The lowest BCUT2D eigenvalue weighted by atomic mass is 10.2. The number of nitrogens with zero attached hydrogens (tertiary/aromatic N) is 1. The molecule has 0 aromatic carbocycles. The van der Waals surface area contributed by atoms with Gasteiger partial charge in [-0.1, -0.05) is 13.3 Å². The van der Waals surface area contributed by atoms with E-state index in [0.717, 1.165) is 32.2 Å². The molecule has 1 amide bonds. The van der Waals surface area contributed by atoms with Crippen LogP contribution < -0.4 is 0 Å². The predicted octanol–water partition coefficient (Wildman–Crippen LogP) is 3.19. The fourth-order valence-electron chi connectivity index (χ4n) is 1.74. The number of alkyl halides is 1. The Kier molecular flexibility index (Phi) is 6.07. The van der Waals surface area contributed by atoms with Crippen molar-refractivity contribution >= 4 is 17.5 Å². The molecular weight excluding hydrogens is 210 g/mol. The molecular formula is C12H22ClNO. The molecule has 0 radical (unpaired) electrons. The van der Waals surface area contributed by atoms with E-state index in [2.05, 4.69) is 11.8 Å². The van der Waals surface area contributed by atoms with Gasteiger partial charge in [0.1, 0.15) is 0 Å². The molecule has 0 spiro atoms. The molecule has 2 nitrogen and oxygen atoms in total. The molecule has 0 heterocycles. The van der Waals surface area contributed by atoms with E-state index in [1.54, 1.807) is 0 Å². The first kappa shape index (κ1) is 12.8. The molecule has 0 aliphatic heterocycles. The summed E-state index contributed by atoms with van der Waals surface area (Å²) in [4.78, 5) is 14.0. The number of carbonyl (C=O) groups is 1. The maximum absolute atomic E-state index is 11.9. The Morgan fingerprint density at radius 3 is 2.60 bits per heavy atom. The van der Waals surface area contributed by atoms with Crippen LogP contribution in [0.2, 0.25) is 0 Å². The maximum atomic E-state index is 11.9. The number of rotatable bonds is 8. The van der Waals surface area contributed by atoms with E-state index in [-0.39, 0.29) is 0 Å². The number of carbonyl (C=O) groups excluding carboxylic acids is 1. The zero-order valence-electron chi connectivity index (χ0n) is 9.67. The van der Waals surface area contributed by atoms with Crippen molar-refractivity contribution in [2.75, 3.05) is 12.4 Å². The number of hydrogen-bond acceptors (Lipinski definition) is 1. The summed E-state index contributed by atoms with van der Waals surface area (Å²) in [5.74, 6) is 1.02. The summed E-state index contributed by atoms with van der Waals surface area (Å²) in [6.07, 6.45) is 7.32. The Bertz CT molecular complexity index is 192. The van der Waals surface area contributed by atoms with Crippen LogP contribution in [-0.2, 0) is 4.79 Å². The lowest BCUT2D eigenvalue weighted by molar-refractivity contribution is -0.132. The van der Waals surface area contributed by atoms with Crippen LogP contribution in [0.3, 0.4) is 0 Å². The molecule has 1 saturated carbocycles. The second kappa shape index (κ2) is 7.10. The van der Waals surface area contributed by atoms with Crippen LogP contribution >= 0.6 is 11.6 Å². The highest BCUT2D eigenvalue weighted by molar-refractivity contribution is 6.17. The maximum Gasteiger partial charge on any atom is 0.222 e. The van der Waals surface area contributed by atoms with Crippen LogP contribution in [0.4, 0.5) is 0 Å². The van der Waals surface area contributed by atoms with Crippen molar-refractivity contribution < 1.29 is 4.79 Å². The summed E-state index contributed by atoms with van der Waals surface area (Å²) in [5, 5.41) is 0. The van der Waals surface area contributed by atoms with Crippen LogP contribution in [0.5, 0.6) is 0 Å². The SMILES string of the molecule is CCCCN(C(=O)CCCCCl)C1CC1. The Balaban J connectivity index is 2.24. The van der Waals surface area contributed by atoms with Gasteiger partial charge in [0.15, 0.2) is 0 Å². The van der Waals surface area contributed by atoms with E-state index in [0.29, 0.717) is 24.2 Å². The van der Waals surface area contributed by atoms with Crippen molar-refractivity contribution in [2.45, 2.75) is 57.9 Å². The van der Waals surface area contributed by atoms with Crippen LogP contribution in [0, 0.1) is 0 Å². The summed E-state index contributed by atoms with van der Waals surface area (Å²) in [6, 6.07) is 0.569. The van der Waals surface area contributed by atoms with E-state index in [9.17, 15) is 4.79 Å². The third-order valence-electron chi connectivity index (χ3n) is 2.83. The van der Waals surface area contributed by atoms with Gasteiger partial charge in [-0.3, -0.25) is 4.79 Å². The monoisotopic (exact) mass is 231 g/mol. The average Bonchev–Trinajstić information content (AvgIpc) is 3.03. The molecule has 0 unspecified atom stereocenters. The summed E-state index contributed by atoms with van der Waals surface area (Å²) in [5.41, 5.74) is 0. The Hall–Kier alpha value is -0.240. The minimum absolute atomic E-state index is 0.344. The molecule has 0 bridgehead atoms. The fourth-order valence-corrected chi connectivity index (χ4v) is 1.93. The third-order valence-corrected chi connectivity index (χ3v) is 3.10. The van der Waals surface area contributed by atoms with Crippen molar-refractivity contribution in [1.29, 1.82) is 0 Å². The number of unbranched alkanes of at least 4 members (excludes halogenated alkanes) is 2. The Morgan fingerprint density at radius 2 is 2.07 bits per heavy atom. The highest BCUT2D eigenvalue weighted by atomic mass is 35.5. The molecule has 1 aliphatic carbocycles. The predicted molar refractivity (Wildman–Crippen MR) is 64.2 cm³/mol. The first-order valence-electron chi connectivity index (χ1n) is 6.15. The van der Waals surface area contributed by atoms with Crippen LogP contribution in [-0.4, -0.2) is 29.3 Å². The molecule has 0 aromatic heterocycles. The molecule has 0 N–H and O–H groups in total. The van der Waals surface area contributed by atoms with E-state index < -0.39 is 0 Å². The molecule has 0 atom stereocenters. The molecule has 0 saturated heterocycles. The van der Waals surface area contributed by atoms with Gasteiger partial charge in [-0.15, -0.1) is 11.6 Å². The molecule has 1 aliphatic rings. The van der Waals surface area contributed by atoms with Gasteiger partial charge in [0, 0.05) is 24.9 Å². The number of halogens is 1. The minimum atomic E-state index is 0.344. The fraction of sp³-hybridized carbons (Fsp3) is 0.917. The van der Waals surface area contributed by atoms with Gasteiger partial charge >= 0.3 is 0 Å². The average molecular weight is 232 g/mol. The second-order valence-electron chi connectivity index (χ2n) is 4.32. The normalized spacial score (nSPS) is 15.3. The molecule has 15 heavy (non-hydrogen) atoms. The Labute approximate surface area is 98.0 Å². The van der Waals surface area contributed by atoms with E-state index in [1.807, 2.05) is 0 Å². The highest BCUT2D eigenvalue weighted by Crippen LogP contribution is 2.28. The van der Waals surface area contributed by atoms with Crippen molar-refractivity contribution in [3.05, 3.63) is 0 Å². The van der Waals surface area contributed by atoms with E-state index in [4.69, 9.17) is 11.6 Å². The summed E-state index contributed by atoms with van der Waals surface area (Å²) < 4.78 is 0. The molecule has 1 fully saturated rings. The van der Waals surface area contributed by atoms with Crippen LogP contribution in [0.25, 0.3) is 0 Å². The zero-order chi connectivity index (χ0) is 11.1. The summed E-state index contributed by atoms with van der Waals surface area (Å²) in [6.45, 7) is 3.13. The molecule has 3 heteroatoms. The lowest BCUT2D eigenvalue weighted by Crippen LogP contribution is -2.33. The van der Waals surface area contributed by atoms with Gasteiger partial charge in [-0.25, -0.2) is 0 Å². The van der Waals surface area contributed by atoms with Gasteiger partial charge in [-0.2, -0.15) is 0 Å². The van der Waals surface area contributed by atoms with E-state index in [1.165, 1.54) is 12.8 Å². The van der Waals surface area contributed by atoms with Gasteiger partial charge in [0.25, 0.3) is 0 Å². The topological polar surface area (TPSA) is 20.3 Å². The highest BCUT2D eigenvalue weighted by Gasteiger charge is 2.31. The lowest BCUT2D eigenvalue weighted by Gasteiger charge is -2.22. The summed E-state index contributed by atoms with van der Waals surface area (Å²) >= 11 is 5.60. The van der Waals surface area contributed by atoms with E-state index >= 15 is 0 Å². The quantitative estimate of drug-likeness (QED) is 0.464. The van der Waals surface area contributed by atoms with Gasteiger partial charge in [0.2, 0.25) is 5.91 Å². The minimum Gasteiger partial charge on any atom is -0.340 e. The van der Waals surface area contributed by atoms with Gasteiger partial charge < -0.3 is 4.90 Å². The standard InChI is InChI=1S/C12H22ClNO/c1-2-3-10-14(11-7-8-11)12(15)6-4-5-9-13/h11H,2-10H2,1H3. The van der Waals surface area contributed by atoms with Crippen LogP contribution in [0.1, 0.15) is 51.9 Å². The molecule has 0 aromatic rings. The number of hydrogen-bond donors (Lipinski definition) is 0. The van der Waals surface area contributed by atoms with Crippen molar-refractivity contribution in [3.8, 4) is 0 Å². The van der Waals surface area contributed by atoms with Gasteiger partial charge in [-0.05, 0) is 32.1 Å².